The zero-order valence-corrected chi connectivity index (χ0v) is 15.5. The van der Waals surface area contributed by atoms with Gasteiger partial charge in [-0.3, -0.25) is 4.90 Å². The Hall–Kier alpha value is -2.58. The predicted molar refractivity (Wildman–Crippen MR) is 102 cm³/mol. The summed E-state index contributed by atoms with van der Waals surface area (Å²) in [6.07, 6.45) is 0. The maximum atomic E-state index is 5.42. The van der Waals surface area contributed by atoms with Crippen molar-refractivity contribution in [1.82, 2.24) is 14.9 Å². The van der Waals surface area contributed by atoms with Crippen LogP contribution in [-0.2, 0) is 11.3 Å². The first-order chi connectivity index (χ1) is 13.3. The highest BCUT2D eigenvalue weighted by Crippen LogP contribution is 2.32. The number of aryl methyl sites for hydroxylation is 1. The van der Waals surface area contributed by atoms with Crippen molar-refractivity contribution >= 4 is 11.8 Å². The maximum Gasteiger partial charge on any atom is 0.231 e. The van der Waals surface area contributed by atoms with Gasteiger partial charge in [-0.05, 0) is 24.6 Å². The van der Waals surface area contributed by atoms with Gasteiger partial charge in [0.05, 0.1) is 13.2 Å². The Balaban J connectivity index is 1.31. The van der Waals surface area contributed by atoms with Crippen LogP contribution in [0.4, 0.5) is 11.8 Å². The average Bonchev–Trinajstić information content (AvgIpc) is 3.15. The number of anilines is 2. The molecule has 2 aliphatic rings. The summed E-state index contributed by atoms with van der Waals surface area (Å²) in [4.78, 5) is 11.4. The topological polar surface area (TPSA) is 80.8 Å². The lowest BCUT2D eigenvalue weighted by atomic mass is 10.2. The average molecular weight is 371 g/mol. The van der Waals surface area contributed by atoms with Crippen LogP contribution >= 0.6 is 0 Å². The molecule has 0 spiro atoms. The molecular formula is C19H25N5O3. The van der Waals surface area contributed by atoms with E-state index in [1.807, 2.05) is 31.2 Å². The van der Waals surface area contributed by atoms with Crippen LogP contribution in [0.25, 0.3) is 0 Å². The Labute approximate surface area is 158 Å². The summed E-state index contributed by atoms with van der Waals surface area (Å²) < 4.78 is 16.1. The third kappa shape index (κ3) is 4.78. The van der Waals surface area contributed by atoms with Crippen LogP contribution in [0.5, 0.6) is 11.5 Å². The molecule has 0 unspecified atom stereocenters. The van der Waals surface area contributed by atoms with Crippen molar-refractivity contribution in [3.8, 4) is 11.5 Å². The number of fused-ring (bicyclic) bond motifs is 1. The second-order valence-corrected chi connectivity index (χ2v) is 6.64. The van der Waals surface area contributed by atoms with Crippen molar-refractivity contribution in [3.63, 3.8) is 0 Å². The van der Waals surface area contributed by atoms with Gasteiger partial charge >= 0.3 is 0 Å². The Bertz CT molecular complexity index is 780. The van der Waals surface area contributed by atoms with Crippen LogP contribution in [0.3, 0.4) is 0 Å². The van der Waals surface area contributed by atoms with Crippen LogP contribution in [0, 0.1) is 6.92 Å². The normalized spacial score (nSPS) is 16.3. The standard InChI is InChI=1S/C19H25N5O3/c1-14-10-18(20-4-5-24-6-8-25-9-7-24)23-19(22-14)21-12-15-2-3-16-17(11-15)27-13-26-16/h2-3,10-11H,4-9,12-13H2,1H3,(H2,20,21,22,23). The predicted octanol–water partition coefficient (Wildman–Crippen LogP) is 1.87. The Morgan fingerprint density at radius 2 is 1.89 bits per heavy atom. The summed E-state index contributed by atoms with van der Waals surface area (Å²) in [6.45, 7) is 8.33. The molecule has 3 heterocycles. The highest BCUT2D eigenvalue weighted by Gasteiger charge is 2.13. The quantitative estimate of drug-likeness (QED) is 0.764. The molecule has 2 N–H and O–H groups in total. The van der Waals surface area contributed by atoms with Crippen molar-refractivity contribution in [2.24, 2.45) is 0 Å². The van der Waals surface area contributed by atoms with Gasteiger partial charge in [-0.2, -0.15) is 4.98 Å². The van der Waals surface area contributed by atoms with Gasteiger partial charge in [0.1, 0.15) is 5.82 Å². The molecule has 0 amide bonds. The van der Waals surface area contributed by atoms with E-state index in [0.717, 1.165) is 68.0 Å². The molecule has 0 bridgehead atoms. The highest BCUT2D eigenvalue weighted by atomic mass is 16.7. The molecule has 8 heteroatoms. The number of hydrogen-bond acceptors (Lipinski definition) is 8. The molecule has 2 aliphatic heterocycles. The molecule has 1 fully saturated rings. The van der Waals surface area contributed by atoms with E-state index in [1.165, 1.54) is 0 Å². The van der Waals surface area contributed by atoms with E-state index in [1.54, 1.807) is 0 Å². The molecule has 1 aromatic carbocycles. The molecule has 0 saturated carbocycles. The van der Waals surface area contributed by atoms with E-state index in [-0.39, 0.29) is 6.79 Å². The number of aromatic nitrogens is 2. The number of nitrogens with one attached hydrogen (secondary N) is 2. The molecular weight excluding hydrogens is 346 g/mol. The first-order valence-electron chi connectivity index (χ1n) is 9.28. The largest absolute Gasteiger partial charge is 0.454 e. The van der Waals surface area contributed by atoms with E-state index in [2.05, 4.69) is 25.5 Å². The van der Waals surface area contributed by atoms with E-state index in [9.17, 15) is 0 Å². The Morgan fingerprint density at radius 1 is 1.04 bits per heavy atom. The Kier molecular flexibility index (Phi) is 5.55. The lowest BCUT2D eigenvalue weighted by Gasteiger charge is -2.26. The van der Waals surface area contributed by atoms with Gasteiger partial charge in [-0.15, -0.1) is 0 Å². The zero-order valence-electron chi connectivity index (χ0n) is 15.5. The third-order valence-electron chi connectivity index (χ3n) is 4.58. The molecule has 4 rings (SSSR count). The van der Waals surface area contributed by atoms with Gasteiger partial charge in [0.15, 0.2) is 11.5 Å². The van der Waals surface area contributed by atoms with Gasteiger partial charge in [0.2, 0.25) is 12.7 Å². The summed E-state index contributed by atoms with van der Waals surface area (Å²) in [5, 5.41) is 6.68. The lowest BCUT2D eigenvalue weighted by molar-refractivity contribution is 0.0398. The molecule has 1 aromatic heterocycles. The van der Waals surface area contributed by atoms with Crippen molar-refractivity contribution in [2.75, 3.05) is 56.8 Å². The number of benzene rings is 1. The van der Waals surface area contributed by atoms with E-state index >= 15 is 0 Å². The molecule has 2 aromatic rings. The summed E-state index contributed by atoms with van der Waals surface area (Å²) in [6, 6.07) is 7.88. The monoisotopic (exact) mass is 371 g/mol. The van der Waals surface area contributed by atoms with Crippen LogP contribution in [0.1, 0.15) is 11.3 Å². The fraction of sp³-hybridized carbons (Fsp3) is 0.474. The lowest BCUT2D eigenvalue weighted by Crippen LogP contribution is -2.39. The van der Waals surface area contributed by atoms with Crippen molar-refractivity contribution < 1.29 is 14.2 Å². The molecule has 1 saturated heterocycles. The van der Waals surface area contributed by atoms with E-state index in [0.29, 0.717) is 12.5 Å². The third-order valence-corrected chi connectivity index (χ3v) is 4.58. The Morgan fingerprint density at radius 3 is 2.78 bits per heavy atom. The molecule has 0 aliphatic carbocycles. The fourth-order valence-electron chi connectivity index (χ4n) is 3.14. The van der Waals surface area contributed by atoms with E-state index in [4.69, 9.17) is 14.2 Å². The number of rotatable bonds is 7. The molecule has 0 atom stereocenters. The SMILES string of the molecule is Cc1cc(NCCN2CCOCC2)nc(NCc2ccc3c(c2)OCO3)n1. The smallest absolute Gasteiger partial charge is 0.231 e. The first-order valence-corrected chi connectivity index (χ1v) is 9.28. The molecule has 144 valence electrons. The van der Waals surface area contributed by atoms with E-state index < -0.39 is 0 Å². The van der Waals surface area contributed by atoms with Crippen molar-refractivity contribution in [1.29, 1.82) is 0 Å². The first kappa shape index (κ1) is 17.8. The second-order valence-electron chi connectivity index (χ2n) is 6.64. The van der Waals surface area contributed by atoms with Gasteiger partial charge in [0, 0.05) is 44.5 Å². The van der Waals surface area contributed by atoms with Gasteiger partial charge in [-0.25, -0.2) is 4.98 Å². The summed E-state index contributed by atoms with van der Waals surface area (Å²) in [7, 11) is 0. The molecule has 8 nitrogen and oxygen atoms in total. The number of morpholine rings is 1. The highest BCUT2D eigenvalue weighted by molar-refractivity contribution is 5.46. The van der Waals surface area contributed by atoms with Gasteiger partial charge < -0.3 is 24.8 Å². The number of hydrogen-bond donors (Lipinski definition) is 2. The zero-order chi connectivity index (χ0) is 18.5. The van der Waals surface area contributed by atoms with Crippen LogP contribution in [0.2, 0.25) is 0 Å². The number of nitrogens with zero attached hydrogens (tertiary/aromatic N) is 3. The summed E-state index contributed by atoms with van der Waals surface area (Å²) in [5.41, 5.74) is 2.01. The molecule has 0 radical (unpaired) electrons. The van der Waals surface area contributed by atoms with Crippen LogP contribution in [-0.4, -0.2) is 61.1 Å². The maximum absolute atomic E-state index is 5.42. The molecule has 27 heavy (non-hydrogen) atoms. The second kappa shape index (κ2) is 8.41. The van der Waals surface area contributed by atoms with Crippen LogP contribution in [0.15, 0.2) is 24.3 Å². The minimum Gasteiger partial charge on any atom is -0.454 e. The summed E-state index contributed by atoms with van der Waals surface area (Å²) >= 11 is 0. The fourth-order valence-corrected chi connectivity index (χ4v) is 3.14. The minimum absolute atomic E-state index is 0.284. The van der Waals surface area contributed by atoms with Crippen molar-refractivity contribution in [2.45, 2.75) is 13.5 Å². The summed E-state index contributed by atoms with van der Waals surface area (Å²) in [5.74, 6) is 3.02. The van der Waals surface area contributed by atoms with Gasteiger partial charge in [-0.1, -0.05) is 6.07 Å². The van der Waals surface area contributed by atoms with Gasteiger partial charge in [0.25, 0.3) is 0 Å². The number of ether oxygens (including phenoxy) is 3. The van der Waals surface area contributed by atoms with Crippen LogP contribution < -0.4 is 20.1 Å². The van der Waals surface area contributed by atoms with Crippen molar-refractivity contribution in [3.05, 3.63) is 35.5 Å². The minimum atomic E-state index is 0.284.